The van der Waals surface area contributed by atoms with Crippen LogP contribution < -0.4 is 11.2 Å². The number of nitrogens with zero attached hydrogens (tertiary/aromatic N) is 1. The topological polar surface area (TPSA) is 90.4 Å². The fourth-order valence-corrected chi connectivity index (χ4v) is 3.19. The molecule has 1 heterocycles. The molecule has 1 saturated carbocycles. The normalized spacial score (nSPS) is 20.4. The quantitative estimate of drug-likeness (QED) is 0.831. The minimum absolute atomic E-state index is 0.0504. The van der Waals surface area contributed by atoms with E-state index in [1.54, 1.807) is 31.4 Å². The number of hydrogen-bond acceptors (Lipinski definition) is 5. The van der Waals surface area contributed by atoms with Crippen LogP contribution in [0.25, 0.3) is 10.9 Å². The Morgan fingerprint density at radius 1 is 1.25 bits per heavy atom. The minimum Gasteiger partial charge on any atom is -0.460 e. The average molecular weight is 332 g/mol. The van der Waals surface area contributed by atoms with Crippen LogP contribution in [0.15, 0.2) is 33.9 Å². The van der Waals surface area contributed by atoms with Crippen LogP contribution in [0.5, 0.6) is 0 Å². The van der Waals surface area contributed by atoms with E-state index in [0.29, 0.717) is 10.9 Å². The summed E-state index contributed by atoms with van der Waals surface area (Å²) in [6.45, 7) is 0.152. The average Bonchev–Trinajstić information content (AvgIpc) is 3.01. The number of fused-ring (bicyclic) bond motifs is 1. The van der Waals surface area contributed by atoms with Crippen LogP contribution in [0, 0.1) is 0 Å². The van der Waals surface area contributed by atoms with Crippen molar-refractivity contribution in [1.29, 1.82) is 0 Å². The summed E-state index contributed by atoms with van der Waals surface area (Å²) < 4.78 is 12.2. The molecule has 128 valence electrons. The number of esters is 1. The van der Waals surface area contributed by atoms with E-state index in [-0.39, 0.29) is 31.1 Å². The maximum Gasteiger partial charge on any atom is 0.328 e. The van der Waals surface area contributed by atoms with Gasteiger partial charge in [-0.05, 0) is 31.4 Å². The van der Waals surface area contributed by atoms with Crippen LogP contribution >= 0.6 is 0 Å². The largest absolute Gasteiger partial charge is 0.460 e. The number of hydrogen-bond donors (Lipinski definition) is 1. The molecule has 0 saturated heterocycles. The molecule has 2 atom stereocenters. The third-order valence-corrected chi connectivity index (χ3v) is 4.42. The van der Waals surface area contributed by atoms with Gasteiger partial charge in [0.15, 0.2) is 0 Å². The summed E-state index contributed by atoms with van der Waals surface area (Å²) in [4.78, 5) is 38.2. The van der Waals surface area contributed by atoms with Crippen molar-refractivity contribution in [3.8, 4) is 0 Å². The van der Waals surface area contributed by atoms with Crippen molar-refractivity contribution in [2.45, 2.75) is 44.4 Å². The first kappa shape index (κ1) is 16.4. The molecule has 0 bridgehead atoms. The van der Waals surface area contributed by atoms with Crippen molar-refractivity contribution in [1.82, 2.24) is 9.55 Å². The molecule has 7 heteroatoms. The van der Waals surface area contributed by atoms with Gasteiger partial charge in [-0.25, -0.2) is 4.79 Å². The molecular weight excluding hydrogens is 312 g/mol. The monoisotopic (exact) mass is 332 g/mol. The van der Waals surface area contributed by atoms with Crippen LogP contribution in [0.3, 0.4) is 0 Å². The standard InChI is InChI=1S/C17H20N2O5/c1-23-13-7-4-8-14(13)24-15(20)9-10-19-12-6-3-2-5-11(12)16(21)18-17(19)22/h2-3,5-6,13-14H,4,7-10H2,1H3,(H,18,21,22)/t13-,14-/m1/s1. The number of para-hydroxylation sites is 1. The van der Waals surface area contributed by atoms with E-state index >= 15 is 0 Å². The van der Waals surface area contributed by atoms with Gasteiger partial charge in [0.05, 0.1) is 23.4 Å². The zero-order valence-electron chi connectivity index (χ0n) is 13.5. The molecule has 1 fully saturated rings. The van der Waals surface area contributed by atoms with Gasteiger partial charge in [-0.3, -0.25) is 19.1 Å². The SMILES string of the molecule is CO[C@@H]1CCC[C@H]1OC(=O)CCn1c(=O)[nH]c(=O)c2ccccc21. The van der Waals surface area contributed by atoms with Gasteiger partial charge in [0.25, 0.3) is 5.56 Å². The molecule has 1 aromatic carbocycles. The van der Waals surface area contributed by atoms with Gasteiger partial charge in [0.2, 0.25) is 0 Å². The number of benzene rings is 1. The molecule has 24 heavy (non-hydrogen) atoms. The molecule has 0 amide bonds. The lowest BCUT2D eigenvalue weighted by atomic mass is 10.2. The number of carbonyl (C=O) groups is 1. The van der Waals surface area contributed by atoms with Gasteiger partial charge in [0.1, 0.15) is 6.10 Å². The van der Waals surface area contributed by atoms with Crippen molar-refractivity contribution < 1.29 is 14.3 Å². The molecular formula is C17H20N2O5. The highest BCUT2D eigenvalue weighted by Crippen LogP contribution is 2.24. The number of aromatic amines is 1. The Hall–Kier alpha value is -2.41. The van der Waals surface area contributed by atoms with Crippen LogP contribution in [0.2, 0.25) is 0 Å². The van der Waals surface area contributed by atoms with Crippen LogP contribution in [-0.2, 0) is 20.8 Å². The number of aryl methyl sites for hydroxylation is 1. The van der Waals surface area contributed by atoms with E-state index in [0.717, 1.165) is 19.3 Å². The summed E-state index contributed by atoms with van der Waals surface area (Å²) in [5, 5.41) is 0.417. The van der Waals surface area contributed by atoms with E-state index < -0.39 is 11.2 Å². The van der Waals surface area contributed by atoms with Crippen molar-refractivity contribution in [3.05, 3.63) is 45.1 Å². The van der Waals surface area contributed by atoms with Crippen LogP contribution in [0.1, 0.15) is 25.7 Å². The number of nitrogens with one attached hydrogen (secondary N) is 1. The lowest BCUT2D eigenvalue weighted by molar-refractivity contribution is -0.154. The van der Waals surface area contributed by atoms with E-state index in [4.69, 9.17) is 9.47 Å². The first-order valence-electron chi connectivity index (χ1n) is 8.04. The number of ether oxygens (including phenoxy) is 2. The molecule has 1 aliphatic rings. The summed E-state index contributed by atoms with van der Waals surface area (Å²) in [7, 11) is 1.61. The maximum absolute atomic E-state index is 12.1. The summed E-state index contributed by atoms with van der Waals surface area (Å²) in [6, 6.07) is 6.81. The van der Waals surface area contributed by atoms with Gasteiger partial charge < -0.3 is 9.47 Å². The zero-order valence-corrected chi connectivity index (χ0v) is 13.5. The van der Waals surface area contributed by atoms with Gasteiger partial charge in [-0.2, -0.15) is 0 Å². The van der Waals surface area contributed by atoms with Gasteiger partial charge in [-0.1, -0.05) is 12.1 Å². The highest BCUT2D eigenvalue weighted by molar-refractivity contribution is 5.78. The molecule has 2 aromatic rings. The number of H-pyrrole nitrogens is 1. The number of rotatable bonds is 5. The lowest BCUT2D eigenvalue weighted by Crippen LogP contribution is -2.32. The Morgan fingerprint density at radius 2 is 2.00 bits per heavy atom. The minimum atomic E-state index is -0.526. The van der Waals surface area contributed by atoms with Crippen molar-refractivity contribution >= 4 is 16.9 Å². The van der Waals surface area contributed by atoms with E-state index in [2.05, 4.69) is 4.98 Å². The van der Waals surface area contributed by atoms with Crippen LogP contribution in [-0.4, -0.2) is 34.8 Å². The third-order valence-electron chi connectivity index (χ3n) is 4.42. The fraction of sp³-hybridized carbons (Fsp3) is 0.471. The van der Waals surface area contributed by atoms with Crippen LogP contribution in [0.4, 0.5) is 0 Å². The third kappa shape index (κ3) is 3.26. The molecule has 7 nitrogen and oxygen atoms in total. The molecule has 0 aliphatic heterocycles. The number of aromatic nitrogens is 2. The molecule has 0 radical (unpaired) electrons. The molecule has 1 aliphatic carbocycles. The first-order chi connectivity index (χ1) is 11.6. The van der Waals surface area contributed by atoms with Gasteiger partial charge in [0, 0.05) is 13.7 Å². The molecule has 0 unspecified atom stereocenters. The summed E-state index contributed by atoms with van der Waals surface area (Å²) in [5.74, 6) is -0.369. The Balaban J connectivity index is 1.73. The smallest absolute Gasteiger partial charge is 0.328 e. The van der Waals surface area contributed by atoms with Crippen molar-refractivity contribution in [2.24, 2.45) is 0 Å². The summed E-state index contributed by atoms with van der Waals surface area (Å²) in [5.41, 5.74) is -0.444. The highest BCUT2D eigenvalue weighted by Gasteiger charge is 2.30. The van der Waals surface area contributed by atoms with E-state index in [9.17, 15) is 14.4 Å². The Bertz CT molecular complexity index is 854. The first-order valence-corrected chi connectivity index (χ1v) is 8.04. The molecule has 3 rings (SSSR count). The zero-order chi connectivity index (χ0) is 17.1. The molecule has 1 N–H and O–H groups in total. The summed E-state index contributed by atoms with van der Waals surface area (Å²) in [6.07, 6.45) is 2.45. The molecule has 0 spiro atoms. The second kappa shape index (κ2) is 7.00. The van der Waals surface area contributed by atoms with E-state index in [1.165, 1.54) is 4.57 Å². The molecule has 1 aromatic heterocycles. The maximum atomic E-state index is 12.1. The van der Waals surface area contributed by atoms with Crippen molar-refractivity contribution in [3.63, 3.8) is 0 Å². The number of carbonyl (C=O) groups excluding carboxylic acids is 1. The van der Waals surface area contributed by atoms with Crippen molar-refractivity contribution in [2.75, 3.05) is 7.11 Å². The van der Waals surface area contributed by atoms with Gasteiger partial charge in [-0.15, -0.1) is 0 Å². The Labute approximate surface area is 138 Å². The van der Waals surface area contributed by atoms with E-state index in [1.807, 2.05) is 0 Å². The second-order valence-corrected chi connectivity index (χ2v) is 5.91. The number of methoxy groups -OCH3 is 1. The predicted octanol–water partition coefficient (Wildman–Crippen LogP) is 1.19. The van der Waals surface area contributed by atoms with Gasteiger partial charge >= 0.3 is 11.7 Å². The lowest BCUT2D eigenvalue weighted by Gasteiger charge is -2.19. The highest BCUT2D eigenvalue weighted by atomic mass is 16.6. The fourth-order valence-electron chi connectivity index (χ4n) is 3.19. The predicted molar refractivity (Wildman–Crippen MR) is 88.0 cm³/mol. The summed E-state index contributed by atoms with van der Waals surface area (Å²) >= 11 is 0. The Kier molecular flexibility index (Phi) is 4.80. The second-order valence-electron chi connectivity index (χ2n) is 5.91. The Morgan fingerprint density at radius 3 is 2.79 bits per heavy atom.